The Bertz CT molecular complexity index is 1230. The number of carbonyl (C=O) groups excluding carboxylic acids is 4. The Morgan fingerprint density at radius 3 is 2.63 bits per heavy atom. The number of amides is 4. The minimum Gasteiger partial charge on any atom is -0.465 e. The van der Waals surface area contributed by atoms with Gasteiger partial charge in [-0.25, -0.2) is 9.18 Å². The minimum absolute atomic E-state index is 0.0987. The number of hydrogen-bond acceptors (Lipinski definition) is 8. The normalized spacial score (nSPS) is 20.0. The van der Waals surface area contributed by atoms with E-state index in [4.69, 9.17) is 9.15 Å². The summed E-state index contributed by atoms with van der Waals surface area (Å²) in [6.45, 7) is 1.96. The van der Waals surface area contributed by atoms with Gasteiger partial charge >= 0.3 is 12.0 Å². The van der Waals surface area contributed by atoms with Gasteiger partial charge in [-0.05, 0) is 56.5 Å². The van der Waals surface area contributed by atoms with Crippen LogP contribution in [0.25, 0.3) is 0 Å². The van der Waals surface area contributed by atoms with Gasteiger partial charge in [0, 0.05) is 13.1 Å². The number of aliphatic hydroxyl groups is 1. The van der Waals surface area contributed by atoms with E-state index in [0.29, 0.717) is 31.5 Å². The fraction of sp³-hybridized carbons (Fsp3) is 0.500. The van der Waals surface area contributed by atoms with Gasteiger partial charge in [-0.15, -0.1) is 0 Å². The van der Waals surface area contributed by atoms with Crippen LogP contribution in [0.3, 0.4) is 0 Å². The molecule has 1 saturated heterocycles. The van der Waals surface area contributed by atoms with Crippen LogP contribution in [0.4, 0.5) is 20.6 Å². The first-order chi connectivity index (χ1) is 19.7. The molecule has 4 rings (SSSR count). The molecule has 222 valence electrons. The number of piperidine rings is 1. The van der Waals surface area contributed by atoms with E-state index in [2.05, 4.69) is 21.3 Å². The molecule has 12 nitrogen and oxygen atoms in total. The molecule has 2 unspecified atom stereocenters. The van der Waals surface area contributed by atoms with Gasteiger partial charge in [-0.3, -0.25) is 14.4 Å². The highest BCUT2D eigenvalue weighted by Gasteiger charge is 2.43. The van der Waals surface area contributed by atoms with Crippen LogP contribution in [0.1, 0.15) is 56.0 Å². The lowest BCUT2D eigenvalue weighted by molar-refractivity contribution is -0.141. The van der Waals surface area contributed by atoms with Gasteiger partial charge in [-0.1, -0.05) is 19.3 Å². The largest absolute Gasteiger partial charge is 0.465 e. The van der Waals surface area contributed by atoms with Crippen LogP contribution < -0.4 is 26.2 Å². The molecular formula is C28H36FN5O7. The fourth-order valence-electron chi connectivity index (χ4n) is 5.29. The first-order valence-corrected chi connectivity index (χ1v) is 13.8. The molecule has 2 fully saturated rings. The summed E-state index contributed by atoms with van der Waals surface area (Å²) in [6, 6.07) is 5.71. The zero-order chi connectivity index (χ0) is 29.4. The maximum atomic E-state index is 14.1. The smallest absolute Gasteiger partial charge is 0.325 e. The summed E-state index contributed by atoms with van der Waals surface area (Å²) in [4.78, 5) is 51.9. The number of halogens is 1. The van der Waals surface area contributed by atoms with E-state index in [1.54, 1.807) is 17.9 Å². The van der Waals surface area contributed by atoms with E-state index in [-0.39, 0.29) is 37.1 Å². The molecule has 1 aromatic carbocycles. The lowest BCUT2D eigenvalue weighted by atomic mass is 9.80. The Balaban J connectivity index is 1.39. The van der Waals surface area contributed by atoms with Crippen LogP contribution in [-0.4, -0.2) is 72.8 Å². The molecule has 2 atom stereocenters. The third-order valence-corrected chi connectivity index (χ3v) is 7.38. The van der Waals surface area contributed by atoms with Crippen LogP contribution in [-0.2, 0) is 14.3 Å². The van der Waals surface area contributed by atoms with Gasteiger partial charge in [-0.2, -0.15) is 0 Å². The highest BCUT2D eigenvalue weighted by Crippen LogP contribution is 2.32. The average Bonchev–Trinajstić information content (AvgIpc) is 3.49. The van der Waals surface area contributed by atoms with Crippen molar-refractivity contribution in [3.63, 3.8) is 0 Å². The van der Waals surface area contributed by atoms with Gasteiger partial charge in [0.15, 0.2) is 5.76 Å². The summed E-state index contributed by atoms with van der Waals surface area (Å²) in [5.74, 6) is -1.88. The van der Waals surface area contributed by atoms with Crippen molar-refractivity contribution in [1.82, 2.24) is 16.0 Å². The van der Waals surface area contributed by atoms with Crippen LogP contribution in [0, 0.1) is 5.82 Å². The Morgan fingerprint density at radius 1 is 1.17 bits per heavy atom. The van der Waals surface area contributed by atoms with Crippen LogP contribution in [0.15, 0.2) is 41.0 Å². The maximum Gasteiger partial charge on any atom is 0.325 e. The summed E-state index contributed by atoms with van der Waals surface area (Å²) in [5.41, 5.74) is -0.483. The van der Waals surface area contributed by atoms with E-state index in [1.807, 2.05) is 0 Å². The maximum absolute atomic E-state index is 14.1. The molecule has 0 bridgehead atoms. The molecule has 2 aliphatic rings. The lowest BCUT2D eigenvalue weighted by Crippen LogP contribution is -2.64. The number of esters is 1. The van der Waals surface area contributed by atoms with Crippen molar-refractivity contribution in [2.45, 2.75) is 63.1 Å². The zero-order valence-electron chi connectivity index (χ0n) is 22.9. The Labute approximate surface area is 237 Å². The standard InChI is InChI=1S/C28H36FN5O7/c1-2-40-24(36)16-30-27(39)32-20-15-18(29)8-9-21(20)34-13-10-19(22(35)17-34)31-26(38)28(11-4-3-5-12-28)33-25(37)23-7-6-14-41-23/h6-9,14-15,19,22,35H,2-5,10-13,16-17H2,1H3,(H,31,38)(H,33,37)(H2,30,32,39). The quantitative estimate of drug-likeness (QED) is 0.286. The third-order valence-electron chi connectivity index (χ3n) is 7.38. The number of benzene rings is 1. The molecule has 41 heavy (non-hydrogen) atoms. The molecular weight excluding hydrogens is 537 g/mol. The molecule has 5 N–H and O–H groups in total. The van der Waals surface area contributed by atoms with Crippen molar-refractivity contribution in [2.24, 2.45) is 0 Å². The second kappa shape index (κ2) is 13.5. The van der Waals surface area contributed by atoms with Gasteiger partial charge in [0.2, 0.25) is 5.91 Å². The van der Waals surface area contributed by atoms with Crippen molar-refractivity contribution < 1.29 is 37.8 Å². The minimum atomic E-state index is -1.11. The Morgan fingerprint density at radius 2 is 1.95 bits per heavy atom. The fourth-order valence-corrected chi connectivity index (χ4v) is 5.29. The summed E-state index contributed by atoms with van der Waals surface area (Å²) in [6.07, 6.45) is 4.24. The van der Waals surface area contributed by atoms with Gasteiger partial charge in [0.25, 0.3) is 5.91 Å². The van der Waals surface area contributed by atoms with E-state index >= 15 is 0 Å². The lowest BCUT2D eigenvalue weighted by Gasteiger charge is -2.41. The van der Waals surface area contributed by atoms with E-state index in [0.717, 1.165) is 25.3 Å². The average molecular weight is 574 g/mol. The molecule has 2 heterocycles. The summed E-state index contributed by atoms with van der Waals surface area (Å²) < 4.78 is 24.0. The number of anilines is 2. The monoisotopic (exact) mass is 573 g/mol. The number of aliphatic hydroxyl groups excluding tert-OH is 1. The number of rotatable bonds is 9. The predicted octanol–water partition coefficient (Wildman–Crippen LogP) is 2.29. The third kappa shape index (κ3) is 7.54. The van der Waals surface area contributed by atoms with Gasteiger partial charge < -0.3 is 40.4 Å². The number of carbonyl (C=O) groups is 4. The summed E-state index contributed by atoms with van der Waals surface area (Å²) in [7, 11) is 0. The second-order valence-electron chi connectivity index (χ2n) is 10.2. The first kappa shape index (κ1) is 29.8. The van der Waals surface area contributed by atoms with E-state index in [9.17, 15) is 28.7 Å². The Kier molecular flexibility index (Phi) is 9.82. The van der Waals surface area contributed by atoms with Crippen molar-refractivity contribution in [3.05, 3.63) is 48.2 Å². The zero-order valence-corrected chi connectivity index (χ0v) is 22.9. The number of hydrogen-bond donors (Lipinski definition) is 5. The van der Waals surface area contributed by atoms with Crippen molar-refractivity contribution in [2.75, 3.05) is 36.5 Å². The predicted molar refractivity (Wildman–Crippen MR) is 147 cm³/mol. The van der Waals surface area contributed by atoms with Crippen LogP contribution in [0.5, 0.6) is 0 Å². The number of urea groups is 1. The molecule has 1 aromatic heterocycles. The molecule has 4 amide bonds. The molecule has 2 aromatic rings. The van der Waals surface area contributed by atoms with Crippen molar-refractivity contribution in [1.29, 1.82) is 0 Å². The molecule has 13 heteroatoms. The van der Waals surface area contributed by atoms with Crippen molar-refractivity contribution in [3.8, 4) is 0 Å². The van der Waals surface area contributed by atoms with Gasteiger partial charge in [0.1, 0.15) is 17.9 Å². The second-order valence-corrected chi connectivity index (χ2v) is 10.2. The SMILES string of the molecule is CCOC(=O)CNC(=O)Nc1cc(F)ccc1N1CCC(NC(=O)C2(NC(=O)c3ccco3)CCCCC2)C(O)C1. The number of furan rings is 1. The molecule has 1 saturated carbocycles. The number of ether oxygens (including phenoxy) is 1. The topological polar surface area (TPSA) is 162 Å². The number of nitrogens with zero attached hydrogens (tertiary/aromatic N) is 1. The van der Waals surface area contributed by atoms with Crippen LogP contribution in [0.2, 0.25) is 0 Å². The molecule has 0 radical (unpaired) electrons. The van der Waals surface area contributed by atoms with Crippen molar-refractivity contribution >= 4 is 35.2 Å². The van der Waals surface area contributed by atoms with Gasteiger partial charge in [0.05, 0.1) is 36.4 Å². The number of β-amino-alcohol motifs (C(OH)–C–C–N with tert-alkyl or cyclic N) is 1. The summed E-state index contributed by atoms with van der Waals surface area (Å²) in [5, 5.41) is 21.7. The molecule has 0 spiro atoms. The highest BCUT2D eigenvalue weighted by atomic mass is 19.1. The molecule has 1 aliphatic heterocycles. The molecule has 1 aliphatic carbocycles. The van der Waals surface area contributed by atoms with E-state index < -0.39 is 41.4 Å². The highest BCUT2D eigenvalue weighted by molar-refractivity contribution is 5.98. The van der Waals surface area contributed by atoms with E-state index in [1.165, 1.54) is 24.5 Å². The Hall–Kier alpha value is -4.13. The van der Waals surface area contributed by atoms with Crippen LogP contribution >= 0.6 is 0 Å². The summed E-state index contributed by atoms with van der Waals surface area (Å²) >= 11 is 0. The number of nitrogens with one attached hydrogen (secondary N) is 4. The first-order valence-electron chi connectivity index (χ1n) is 13.8.